The zero-order valence-corrected chi connectivity index (χ0v) is 12.7. The molecule has 0 aliphatic carbocycles. The maximum absolute atomic E-state index is 12.4. The molecule has 0 bridgehead atoms. The highest BCUT2D eigenvalue weighted by molar-refractivity contribution is 5.91. The average Bonchev–Trinajstić information content (AvgIpc) is 2.49. The molecule has 1 aromatic rings. The molecule has 1 saturated heterocycles. The summed E-state index contributed by atoms with van der Waals surface area (Å²) < 4.78 is 0. The molecule has 0 spiro atoms. The smallest absolute Gasteiger partial charge is 0.227 e. The van der Waals surface area contributed by atoms with Gasteiger partial charge in [-0.1, -0.05) is 18.2 Å². The van der Waals surface area contributed by atoms with Crippen LogP contribution in [0.15, 0.2) is 24.3 Å². The van der Waals surface area contributed by atoms with Gasteiger partial charge in [-0.15, -0.1) is 0 Å². The maximum atomic E-state index is 12.4. The monoisotopic (exact) mass is 303 g/mol. The molecule has 0 aromatic heterocycles. The number of anilines is 1. The second-order valence-electron chi connectivity index (χ2n) is 5.60. The van der Waals surface area contributed by atoms with Gasteiger partial charge in [0.1, 0.15) is 0 Å². The van der Waals surface area contributed by atoms with Crippen molar-refractivity contribution in [2.24, 2.45) is 11.7 Å². The summed E-state index contributed by atoms with van der Waals surface area (Å²) in [6.07, 6.45) is 1.72. The van der Waals surface area contributed by atoms with Crippen LogP contribution in [-0.2, 0) is 20.8 Å². The van der Waals surface area contributed by atoms with Crippen molar-refractivity contribution in [3.8, 4) is 0 Å². The number of hydrogen-bond acceptors (Lipinski definition) is 3. The minimum Gasteiger partial charge on any atom is -0.369 e. The first kappa shape index (κ1) is 16.0. The van der Waals surface area contributed by atoms with Crippen LogP contribution in [0.2, 0.25) is 0 Å². The SMILES string of the molecule is CC(=O)Nc1ccccc1CC(=O)N1CCC[C@H](C(N)=O)C1. The molecular formula is C16H21N3O3. The molecule has 3 amide bonds. The minimum atomic E-state index is -0.351. The van der Waals surface area contributed by atoms with Crippen LogP contribution in [0.5, 0.6) is 0 Å². The summed E-state index contributed by atoms with van der Waals surface area (Å²) in [7, 11) is 0. The zero-order valence-electron chi connectivity index (χ0n) is 12.7. The van der Waals surface area contributed by atoms with E-state index < -0.39 is 0 Å². The van der Waals surface area contributed by atoms with Gasteiger partial charge < -0.3 is 16.0 Å². The Morgan fingerprint density at radius 3 is 2.73 bits per heavy atom. The third kappa shape index (κ3) is 4.07. The first-order chi connectivity index (χ1) is 10.5. The Balaban J connectivity index is 2.05. The molecule has 6 nitrogen and oxygen atoms in total. The summed E-state index contributed by atoms with van der Waals surface area (Å²) in [4.78, 5) is 36.6. The molecule has 1 atom stereocenters. The van der Waals surface area contributed by atoms with E-state index in [9.17, 15) is 14.4 Å². The van der Waals surface area contributed by atoms with Gasteiger partial charge in [-0.3, -0.25) is 14.4 Å². The summed E-state index contributed by atoms with van der Waals surface area (Å²) >= 11 is 0. The van der Waals surface area contributed by atoms with Crippen molar-refractivity contribution < 1.29 is 14.4 Å². The molecular weight excluding hydrogens is 282 g/mol. The van der Waals surface area contributed by atoms with Crippen molar-refractivity contribution in [1.82, 2.24) is 4.90 Å². The number of hydrogen-bond donors (Lipinski definition) is 2. The first-order valence-electron chi connectivity index (χ1n) is 7.40. The topological polar surface area (TPSA) is 92.5 Å². The number of nitrogens with one attached hydrogen (secondary N) is 1. The fraction of sp³-hybridized carbons (Fsp3) is 0.438. The highest BCUT2D eigenvalue weighted by atomic mass is 16.2. The molecule has 0 saturated carbocycles. The first-order valence-corrected chi connectivity index (χ1v) is 7.40. The molecule has 1 aromatic carbocycles. The van der Waals surface area contributed by atoms with Crippen molar-refractivity contribution in [2.45, 2.75) is 26.2 Å². The van der Waals surface area contributed by atoms with Crippen LogP contribution in [0.3, 0.4) is 0 Å². The largest absolute Gasteiger partial charge is 0.369 e. The number of likely N-dealkylation sites (tertiary alicyclic amines) is 1. The maximum Gasteiger partial charge on any atom is 0.227 e. The van der Waals surface area contributed by atoms with Crippen LogP contribution in [-0.4, -0.2) is 35.7 Å². The number of piperidine rings is 1. The van der Waals surface area contributed by atoms with E-state index in [1.165, 1.54) is 6.92 Å². The second kappa shape index (κ2) is 7.06. The van der Waals surface area contributed by atoms with Gasteiger partial charge in [0.2, 0.25) is 17.7 Å². The summed E-state index contributed by atoms with van der Waals surface area (Å²) in [6.45, 7) is 2.46. The molecule has 22 heavy (non-hydrogen) atoms. The summed E-state index contributed by atoms with van der Waals surface area (Å²) in [5.41, 5.74) is 6.75. The van der Waals surface area contributed by atoms with Gasteiger partial charge in [-0.05, 0) is 24.5 Å². The van der Waals surface area contributed by atoms with E-state index in [0.29, 0.717) is 18.8 Å². The van der Waals surface area contributed by atoms with E-state index in [-0.39, 0.29) is 30.1 Å². The molecule has 0 radical (unpaired) electrons. The average molecular weight is 303 g/mol. The predicted octanol–water partition coefficient (Wildman–Crippen LogP) is 0.911. The minimum absolute atomic E-state index is 0.0521. The lowest BCUT2D eigenvalue weighted by Gasteiger charge is -2.31. The van der Waals surface area contributed by atoms with Gasteiger partial charge in [-0.25, -0.2) is 0 Å². The third-order valence-corrected chi connectivity index (χ3v) is 3.85. The highest BCUT2D eigenvalue weighted by Gasteiger charge is 2.27. The Labute approximate surface area is 129 Å². The van der Waals surface area contributed by atoms with E-state index >= 15 is 0 Å². The standard InChI is InChI=1S/C16H21N3O3/c1-11(20)18-14-7-3-2-5-12(14)9-15(21)19-8-4-6-13(10-19)16(17)22/h2-3,5,7,13H,4,6,8-10H2,1H3,(H2,17,22)(H,18,20)/t13-/m0/s1. The van der Waals surface area contributed by atoms with Gasteiger partial charge >= 0.3 is 0 Å². The number of carbonyl (C=O) groups excluding carboxylic acids is 3. The van der Waals surface area contributed by atoms with Crippen LogP contribution >= 0.6 is 0 Å². The Kier molecular flexibility index (Phi) is 5.14. The highest BCUT2D eigenvalue weighted by Crippen LogP contribution is 2.20. The van der Waals surface area contributed by atoms with Gasteiger partial charge in [0, 0.05) is 25.7 Å². The zero-order chi connectivity index (χ0) is 16.1. The predicted molar refractivity (Wildman–Crippen MR) is 82.9 cm³/mol. The molecule has 3 N–H and O–H groups in total. The number of benzene rings is 1. The van der Waals surface area contributed by atoms with Gasteiger partial charge in [-0.2, -0.15) is 0 Å². The number of nitrogens with zero attached hydrogens (tertiary/aromatic N) is 1. The fourth-order valence-corrected chi connectivity index (χ4v) is 2.70. The third-order valence-electron chi connectivity index (χ3n) is 3.85. The quantitative estimate of drug-likeness (QED) is 0.866. The molecule has 1 aliphatic heterocycles. The van der Waals surface area contributed by atoms with E-state index in [4.69, 9.17) is 5.73 Å². The number of rotatable bonds is 4. The Bertz CT molecular complexity index is 586. The van der Waals surface area contributed by atoms with Gasteiger partial charge in [0.15, 0.2) is 0 Å². The lowest BCUT2D eigenvalue weighted by Crippen LogP contribution is -2.44. The van der Waals surface area contributed by atoms with Gasteiger partial charge in [0.05, 0.1) is 12.3 Å². The molecule has 0 unspecified atom stereocenters. The van der Waals surface area contributed by atoms with E-state index in [1.54, 1.807) is 11.0 Å². The molecule has 118 valence electrons. The van der Waals surface area contributed by atoms with Crippen molar-refractivity contribution >= 4 is 23.4 Å². The number of primary amides is 1. The number of para-hydroxylation sites is 1. The number of nitrogens with two attached hydrogens (primary N) is 1. The van der Waals surface area contributed by atoms with Crippen LogP contribution in [0, 0.1) is 5.92 Å². The number of carbonyl (C=O) groups is 3. The normalized spacial score (nSPS) is 17.9. The molecule has 1 aliphatic rings. The molecule has 6 heteroatoms. The van der Waals surface area contributed by atoms with E-state index in [1.807, 2.05) is 18.2 Å². The summed E-state index contributed by atoms with van der Waals surface area (Å²) in [6, 6.07) is 7.23. The Morgan fingerprint density at radius 2 is 2.05 bits per heavy atom. The Hall–Kier alpha value is -2.37. The van der Waals surface area contributed by atoms with Crippen LogP contribution in [0.1, 0.15) is 25.3 Å². The molecule has 1 heterocycles. The lowest BCUT2D eigenvalue weighted by molar-refractivity contribution is -0.134. The van der Waals surface area contributed by atoms with Crippen molar-refractivity contribution in [2.75, 3.05) is 18.4 Å². The lowest BCUT2D eigenvalue weighted by atomic mass is 9.97. The van der Waals surface area contributed by atoms with Crippen LogP contribution in [0.25, 0.3) is 0 Å². The van der Waals surface area contributed by atoms with Crippen LogP contribution < -0.4 is 11.1 Å². The fourth-order valence-electron chi connectivity index (χ4n) is 2.70. The second-order valence-corrected chi connectivity index (χ2v) is 5.60. The van der Waals surface area contributed by atoms with Crippen molar-refractivity contribution in [3.63, 3.8) is 0 Å². The molecule has 1 fully saturated rings. The summed E-state index contributed by atoms with van der Waals surface area (Å²) in [5.74, 6) is -0.838. The van der Waals surface area contributed by atoms with E-state index in [0.717, 1.165) is 18.4 Å². The Morgan fingerprint density at radius 1 is 1.32 bits per heavy atom. The van der Waals surface area contributed by atoms with Crippen LogP contribution in [0.4, 0.5) is 5.69 Å². The van der Waals surface area contributed by atoms with Crippen molar-refractivity contribution in [3.05, 3.63) is 29.8 Å². The number of amides is 3. The van der Waals surface area contributed by atoms with Crippen molar-refractivity contribution in [1.29, 1.82) is 0 Å². The van der Waals surface area contributed by atoms with Gasteiger partial charge in [0.25, 0.3) is 0 Å². The molecule has 2 rings (SSSR count). The summed E-state index contributed by atoms with van der Waals surface area (Å²) in [5, 5.41) is 2.72. The van der Waals surface area contributed by atoms with E-state index in [2.05, 4.69) is 5.32 Å².